The first kappa shape index (κ1) is 16.5. The summed E-state index contributed by atoms with van der Waals surface area (Å²) in [5.74, 6) is -1.58. The molecule has 0 aliphatic carbocycles. The zero-order valence-electron chi connectivity index (χ0n) is 13.1. The Labute approximate surface area is 133 Å². The molecule has 2 rings (SSSR count). The number of esters is 1. The van der Waals surface area contributed by atoms with Crippen LogP contribution >= 0.6 is 0 Å². The molecule has 0 bridgehead atoms. The van der Waals surface area contributed by atoms with Crippen LogP contribution < -0.4 is 0 Å². The lowest BCUT2D eigenvalue weighted by Gasteiger charge is -2.05. The van der Waals surface area contributed by atoms with Crippen LogP contribution in [0.3, 0.4) is 0 Å². The highest BCUT2D eigenvalue weighted by molar-refractivity contribution is 6.04. The highest BCUT2D eigenvalue weighted by Gasteiger charge is 2.21. The van der Waals surface area contributed by atoms with Gasteiger partial charge in [0, 0.05) is 11.3 Å². The third kappa shape index (κ3) is 3.31. The largest absolute Gasteiger partial charge is 0.507 e. The lowest BCUT2D eigenvalue weighted by atomic mass is 10.1. The van der Waals surface area contributed by atoms with Gasteiger partial charge in [-0.25, -0.2) is 4.79 Å². The number of nitrogens with one attached hydrogen (secondary N) is 1. The summed E-state index contributed by atoms with van der Waals surface area (Å²) in [5, 5.41) is 9.58. The molecule has 2 aromatic rings. The second-order valence-electron chi connectivity index (χ2n) is 5.20. The first-order valence-corrected chi connectivity index (χ1v) is 7.01. The maximum Gasteiger partial charge on any atom is 0.342 e. The maximum absolute atomic E-state index is 12.2. The molecule has 0 amide bonds. The Morgan fingerprint density at radius 3 is 2.39 bits per heavy atom. The molecule has 0 aliphatic heterocycles. The molecule has 2 N–H and O–H groups in total. The van der Waals surface area contributed by atoms with E-state index < -0.39 is 18.4 Å². The Morgan fingerprint density at radius 1 is 1.17 bits per heavy atom. The Hall–Kier alpha value is -2.89. The van der Waals surface area contributed by atoms with E-state index in [4.69, 9.17) is 4.74 Å². The molecule has 0 saturated carbocycles. The monoisotopic (exact) mass is 315 g/mol. The minimum Gasteiger partial charge on any atom is -0.507 e. The fourth-order valence-electron chi connectivity index (χ4n) is 2.48. The summed E-state index contributed by atoms with van der Waals surface area (Å²) < 4.78 is 4.94. The van der Waals surface area contributed by atoms with Gasteiger partial charge in [0.05, 0.1) is 5.69 Å². The van der Waals surface area contributed by atoms with E-state index in [1.165, 1.54) is 19.1 Å². The van der Waals surface area contributed by atoms with Crippen molar-refractivity contribution in [2.24, 2.45) is 0 Å². The van der Waals surface area contributed by atoms with Gasteiger partial charge in [-0.3, -0.25) is 9.59 Å². The number of ketones is 2. The number of rotatable bonds is 5. The summed E-state index contributed by atoms with van der Waals surface area (Å²) in [6.07, 6.45) is 0. The predicted octanol–water partition coefficient (Wildman–Crippen LogP) is 2.58. The SMILES string of the molecule is CC(=O)c1c(C)[nH]c(C(=O)COC(=O)c2ccccc2O)c1C. The van der Waals surface area contributed by atoms with Crippen LogP contribution in [0.5, 0.6) is 5.75 Å². The Bertz CT molecular complexity index is 788. The number of H-pyrrole nitrogens is 1. The Balaban J connectivity index is 2.12. The molecule has 6 heteroatoms. The summed E-state index contributed by atoms with van der Waals surface area (Å²) in [5.41, 5.74) is 1.85. The number of aromatic hydroxyl groups is 1. The normalized spacial score (nSPS) is 10.4. The number of benzene rings is 1. The van der Waals surface area contributed by atoms with Gasteiger partial charge in [-0.15, -0.1) is 0 Å². The first-order chi connectivity index (χ1) is 10.8. The fraction of sp³-hybridized carbons (Fsp3) is 0.235. The van der Waals surface area contributed by atoms with E-state index in [9.17, 15) is 19.5 Å². The zero-order chi connectivity index (χ0) is 17.1. The molecule has 6 nitrogen and oxygen atoms in total. The number of Topliss-reactive ketones (excluding diaryl/α,β-unsaturated/α-hetero) is 2. The van der Waals surface area contributed by atoms with E-state index in [0.29, 0.717) is 16.8 Å². The van der Waals surface area contributed by atoms with Crippen molar-refractivity contribution in [2.45, 2.75) is 20.8 Å². The quantitative estimate of drug-likeness (QED) is 0.653. The van der Waals surface area contributed by atoms with Crippen LogP contribution in [-0.2, 0) is 4.74 Å². The molecule has 0 atom stereocenters. The molecule has 0 radical (unpaired) electrons. The molecule has 120 valence electrons. The van der Waals surface area contributed by atoms with E-state index in [0.717, 1.165) is 0 Å². The standard InChI is InChI=1S/C17H17NO5/c1-9-15(11(3)19)10(2)18-16(9)14(21)8-23-17(22)12-6-4-5-7-13(12)20/h4-7,18,20H,8H2,1-3H3. The number of aromatic amines is 1. The van der Waals surface area contributed by atoms with Crippen LogP contribution in [-0.4, -0.2) is 34.2 Å². The first-order valence-electron chi connectivity index (χ1n) is 7.01. The Morgan fingerprint density at radius 2 is 1.83 bits per heavy atom. The van der Waals surface area contributed by atoms with Crippen molar-refractivity contribution in [2.75, 3.05) is 6.61 Å². The number of ether oxygens (including phenoxy) is 1. The second-order valence-corrected chi connectivity index (χ2v) is 5.20. The average molecular weight is 315 g/mol. The van der Waals surface area contributed by atoms with E-state index in [1.807, 2.05) is 0 Å². The number of aryl methyl sites for hydroxylation is 1. The fourth-order valence-corrected chi connectivity index (χ4v) is 2.48. The molecular formula is C17H17NO5. The third-order valence-electron chi connectivity index (χ3n) is 3.53. The summed E-state index contributed by atoms with van der Waals surface area (Å²) in [7, 11) is 0. The van der Waals surface area contributed by atoms with Gasteiger partial charge >= 0.3 is 5.97 Å². The van der Waals surface area contributed by atoms with Crippen LogP contribution in [0, 0.1) is 13.8 Å². The van der Waals surface area contributed by atoms with E-state index in [2.05, 4.69) is 4.98 Å². The van der Waals surface area contributed by atoms with Crippen LogP contribution in [0.4, 0.5) is 0 Å². The molecule has 1 aromatic carbocycles. The minimum absolute atomic E-state index is 0.0101. The number of aromatic nitrogens is 1. The van der Waals surface area contributed by atoms with Crippen molar-refractivity contribution < 1.29 is 24.2 Å². The molecule has 0 unspecified atom stereocenters. The van der Waals surface area contributed by atoms with E-state index in [-0.39, 0.29) is 22.8 Å². The smallest absolute Gasteiger partial charge is 0.342 e. The number of carbonyl (C=O) groups is 3. The van der Waals surface area contributed by atoms with Crippen molar-refractivity contribution in [1.82, 2.24) is 4.98 Å². The van der Waals surface area contributed by atoms with Crippen LogP contribution in [0.25, 0.3) is 0 Å². The highest BCUT2D eigenvalue weighted by atomic mass is 16.5. The van der Waals surface area contributed by atoms with Crippen molar-refractivity contribution in [3.63, 3.8) is 0 Å². The molecule has 1 heterocycles. The van der Waals surface area contributed by atoms with Gasteiger partial charge in [-0.2, -0.15) is 0 Å². The molecule has 0 aliphatic rings. The lowest BCUT2D eigenvalue weighted by molar-refractivity contribution is 0.0470. The zero-order valence-corrected chi connectivity index (χ0v) is 13.1. The lowest BCUT2D eigenvalue weighted by Crippen LogP contribution is -2.15. The van der Waals surface area contributed by atoms with Gasteiger partial charge in [0.15, 0.2) is 12.4 Å². The Kier molecular flexibility index (Phi) is 4.64. The van der Waals surface area contributed by atoms with Gasteiger partial charge in [-0.05, 0) is 38.5 Å². The average Bonchev–Trinajstić information content (AvgIpc) is 2.80. The van der Waals surface area contributed by atoms with Crippen LogP contribution in [0.1, 0.15) is 49.4 Å². The summed E-state index contributed by atoms with van der Waals surface area (Å²) >= 11 is 0. The number of carbonyl (C=O) groups excluding carboxylic acids is 3. The number of hydrogen-bond donors (Lipinski definition) is 2. The summed E-state index contributed by atoms with van der Waals surface area (Å²) in [6.45, 7) is 4.31. The molecule has 0 spiro atoms. The minimum atomic E-state index is -0.788. The van der Waals surface area contributed by atoms with Crippen molar-refractivity contribution in [1.29, 1.82) is 0 Å². The van der Waals surface area contributed by atoms with Gasteiger partial charge in [-0.1, -0.05) is 12.1 Å². The topological polar surface area (TPSA) is 96.5 Å². The van der Waals surface area contributed by atoms with Gasteiger partial charge < -0.3 is 14.8 Å². The maximum atomic E-state index is 12.2. The molecule has 0 fully saturated rings. The predicted molar refractivity (Wildman–Crippen MR) is 83.0 cm³/mol. The second kappa shape index (κ2) is 6.48. The van der Waals surface area contributed by atoms with Crippen molar-refractivity contribution in [3.05, 3.63) is 52.3 Å². The highest BCUT2D eigenvalue weighted by Crippen LogP contribution is 2.20. The third-order valence-corrected chi connectivity index (χ3v) is 3.53. The molecule has 1 aromatic heterocycles. The van der Waals surface area contributed by atoms with Crippen molar-refractivity contribution in [3.8, 4) is 5.75 Å². The summed E-state index contributed by atoms with van der Waals surface area (Å²) in [4.78, 5) is 38.5. The molecule has 0 saturated heterocycles. The van der Waals surface area contributed by atoms with Crippen LogP contribution in [0.15, 0.2) is 24.3 Å². The van der Waals surface area contributed by atoms with Gasteiger partial charge in [0.25, 0.3) is 0 Å². The number of phenols is 1. The number of phenolic OH excluding ortho intramolecular Hbond substituents is 1. The van der Waals surface area contributed by atoms with Gasteiger partial charge in [0.2, 0.25) is 5.78 Å². The number of para-hydroxylation sites is 1. The molecular weight excluding hydrogens is 298 g/mol. The van der Waals surface area contributed by atoms with E-state index >= 15 is 0 Å². The van der Waals surface area contributed by atoms with E-state index in [1.54, 1.807) is 26.0 Å². The van der Waals surface area contributed by atoms with Gasteiger partial charge in [0.1, 0.15) is 11.3 Å². The number of hydrogen-bond acceptors (Lipinski definition) is 5. The van der Waals surface area contributed by atoms with Crippen molar-refractivity contribution >= 4 is 17.5 Å². The summed E-state index contributed by atoms with van der Waals surface area (Å²) in [6, 6.07) is 5.91. The molecule has 23 heavy (non-hydrogen) atoms. The van der Waals surface area contributed by atoms with Crippen LogP contribution in [0.2, 0.25) is 0 Å².